The van der Waals surface area contributed by atoms with E-state index in [4.69, 9.17) is 14.2 Å². The van der Waals surface area contributed by atoms with E-state index >= 15 is 0 Å². The fourth-order valence-electron chi connectivity index (χ4n) is 1.20. The standard InChI is InChI=1S/C10H13NO3/c1-12-9-8(14-7-3-4-7)5-6-11-10(9)13-2/h5-7H,3-4H2,1-2H3. The summed E-state index contributed by atoms with van der Waals surface area (Å²) in [7, 11) is 3.14. The lowest BCUT2D eigenvalue weighted by Gasteiger charge is -2.11. The number of ether oxygens (including phenoxy) is 3. The molecule has 0 spiro atoms. The van der Waals surface area contributed by atoms with E-state index in [1.54, 1.807) is 26.5 Å². The third-order valence-electron chi connectivity index (χ3n) is 2.05. The van der Waals surface area contributed by atoms with Gasteiger partial charge in [-0.3, -0.25) is 0 Å². The van der Waals surface area contributed by atoms with Crippen LogP contribution < -0.4 is 14.2 Å². The van der Waals surface area contributed by atoms with Gasteiger partial charge in [0, 0.05) is 12.3 Å². The molecule has 1 aromatic rings. The maximum Gasteiger partial charge on any atom is 0.260 e. The number of hydrogen-bond donors (Lipinski definition) is 0. The molecular weight excluding hydrogens is 182 g/mol. The van der Waals surface area contributed by atoms with Gasteiger partial charge in [-0.05, 0) is 12.8 Å². The van der Waals surface area contributed by atoms with E-state index in [9.17, 15) is 0 Å². The molecule has 1 heterocycles. The third-order valence-corrected chi connectivity index (χ3v) is 2.05. The van der Waals surface area contributed by atoms with Gasteiger partial charge in [0.05, 0.1) is 20.3 Å². The third kappa shape index (κ3) is 1.73. The van der Waals surface area contributed by atoms with Gasteiger partial charge in [0.1, 0.15) is 0 Å². The summed E-state index contributed by atoms with van der Waals surface area (Å²) >= 11 is 0. The van der Waals surface area contributed by atoms with Gasteiger partial charge in [0.2, 0.25) is 5.75 Å². The minimum Gasteiger partial charge on any atom is -0.489 e. The smallest absolute Gasteiger partial charge is 0.260 e. The molecule has 1 saturated carbocycles. The van der Waals surface area contributed by atoms with E-state index in [0.717, 1.165) is 12.8 Å². The monoisotopic (exact) mass is 195 g/mol. The van der Waals surface area contributed by atoms with Crippen LogP contribution in [0.15, 0.2) is 12.3 Å². The molecule has 0 N–H and O–H groups in total. The van der Waals surface area contributed by atoms with Crippen molar-refractivity contribution in [1.82, 2.24) is 4.98 Å². The number of pyridine rings is 1. The van der Waals surface area contributed by atoms with E-state index in [1.165, 1.54) is 0 Å². The lowest BCUT2D eigenvalue weighted by atomic mass is 10.4. The number of rotatable bonds is 4. The first-order valence-corrected chi connectivity index (χ1v) is 4.58. The molecule has 14 heavy (non-hydrogen) atoms. The molecule has 1 aliphatic rings. The van der Waals surface area contributed by atoms with Gasteiger partial charge in [-0.1, -0.05) is 0 Å². The molecule has 0 bridgehead atoms. The molecule has 0 atom stereocenters. The van der Waals surface area contributed by atoms with Gasteiger partial charge in [-0.2, -0.15) is 0 Å². The first-order valence-electron chi connectivity index (χ1n) is 4.58. The summed E-state index contributed by atoms with van der Waals surface area (Å²) in [6, 6.07) is 1.79. The molecule has 1 aliphatic carbocycles. The predicted molar refractivity (Wildman–Crippen MR) is 51.0 cm³/mol. The highest BCUT2D eigenvalue weighted by molar-refractivity contribution is 5.46. The maximum absolute atomic E-state index is 5.64. The summed E-state index contributed by atoms with van der Waals surface area (Å²) in [6.45, 7) is 0. The summed E-state index contributed by atoms with van der Waals surface area (Å²) in [4.78, 5) is 4.03. The Morgan fingerprint density at radius 2 is 2.07 bits per heavy atom. The fraction of sp³-hybridized carbons (Fsp3) is 0.500. The Balaban J connectivity index is 2.26. The minimum absolute atomic E-state index is 0.344. The predicted octanol–water partition coefficient (Wildman–Crippen LogP) is 1.64. The highest BCUT2D eigenvalue weighted by Gasteiger charge is 2.25. The Labute approximate surface area is 82.8 Å². The molecule has 2 rings (SSSR count). The van der Waals surface area contributed by atoms with Crippen LogP contribution in [-0.2, 0) is 0 Å². The molecule has 1 aromatic heterocycles. The van der Waals surface area contributed by atoms with Crippen molar-refractivity contribution in [2.45, 2.75) is 18.9 Å². The normalized spacial score (nSPS) is 15.0. The largest absolute Gasteiger partial charge is 0.489 e. The lowest BCUT2D eigenvalue weighted by Crippen LogP contribution is -2.01. The summed E-state index contributed by atoms with van der Waals surface area (Å²) in [6.07, 6.45) is 4.23. The van der Waals surface area contributed by atoms with Gasteiger partial charge in [-0.25, -0.2) is 4.98 Å². The Hall–Kier alpha value is -1.45. The SMILES string of the molecule is COc1nccc(OC2CC2)c1OC. The van der Waals surface area contributed by atoms with Gasteiger partial charge < -0.3 is 14.2 Å². The minimum atomic E-state index is 0.344. The molecule has 1 fully saturated rings. The molecule has 0 radical (unpaired) electrons. The summed E-state index contributed by atoms with van der Waals surface area (Å²) in [5.74, 6) is 1.74. The second-order valence-electron chi connectivity index (χ2n) is 3.17. The van der Waals surface area contributed by atoms with Crippen LogP contribution in [0.1, 0.15) is 12.8 Å². The van der Waals surface area contributed by atoms with Crippen molar-refractivity contribution in [2.75, 3.05) is 14.2 Å². The molecule has 0 amide bonds. The lowest BCUT2D eigenvalue weighted by molar-refractivity contribution is 0.270. The molecular formula is C10H13NO3. The summed E-state index contributed by atoms with van der Waals surface area (Å²) in [5.41, 5.74) is 0. The quantitative estimate of drug-likeness (QED) is 0.732. The van der Waals surface area contributed by atoms with Crippen molar-refractivity contribution < 1.29 is 14.2 Å². The first-order chi connectivity index (χ1) is 6.85. The molecule has 0 saturated heterocycles. The molecule has 0 unspecified atom stereocenters. The zero-order valence-corrected chi connectivity index (χ0v) is 8.32. The van der Waals surface area contributed by atoms with Crippen LogP contribution in [-0.4, -0.2) is 25.3 Å². The summed E-state index contributed by atoms with van der Waals surface area (Å²) < 4.78 is 15.9. The van der Waals surface area contributed by atoms with Crippen LogP contribution in [0.4, 0.5) is 0 Å². The van der Waals surface area contributed by atoms with Crippen LogP contribution >= 0.6 is 0 Å². The van der Waals surface area contributed by atoms with Crippen molar-refractivity contribution in [3.05, 3.63) is 12.3 Å². The Kier molecular flexibility index (Phi) is 2.43. The van der Waals surface area contributed by atoms with Crippen LogP contribution in [0.3, 0.4) is 0 Å². The van der Waals surface area contributed by atoms with Gasteiger partial charge in [0.15, 0.2) is 5.75 Å². The maximum atomic E-state index is 5.64. The zero-order valence-electron chi connectivity index (χ0n) is 8.32. The second-order valence-corrected chi connectivity index (χ2v) is 3.17. The number of methoxy groups -OCH3 is 2. The molecule has 4 heteroatoms. The van der Waals surface area contributed by atoms with Gasteiger partial charge in [-0.15, -0.1) is 0 Å². The number of nitrogens with zero attached hydrogens (tertiary/aromatic N) is 1. The Bertz CT molecular complexity index is 323. The van der Waals surface area contributed by atoms with E-state index in [0.29, 0.717) is 23.5 Å². The molecule has 0 aromatic carbocycles. The average molecular weight is 195 g/mol. The Morgan fingerprint density at radius 1 is 1.29 bits per heavy atom. The highest BCUT2D eigenvalue weighted by atomic mass is 16.5. The van der Waals surface area contributed by atoms with E-state index in [-0.39, 0.29) is 0 Å². The van der Waals surface area contributed by atoms with Gasteiger partial charge in [0.25, 0.3) is 5.88 Å². The second kappa shape index (κ2) is 3.74. The van der Waals surface area contributed by atoms with Crippen LogP contribution in [0.5, 0.6) is 17.4 Å². The summed E-state index contributed by atoms with van der Waals surface area (Å²) in [5, 5.41) is 0. The number of hydrogen-bond acceptors (Lipinski definition) is 4. The van der Waals surface area contributed by atoms with E-state index < -0.39 is 0 Å². The zero-order chi connectivity index (χ0) is 9.97. The highest BCUT2D eigenvalue weighted by Crippen LogP contribution is 2.38. The van der Waals surface area contributed by atoms with Crippen molar-refractivity contribution in [2.24, 2.45) is 0 Å². The van der Waals surface area contributed by atoms with Crippen molar-refractivity contribution in [1.29, 1.82) is 0 Å². The van der Waals surface area contributed by atoms with E-state index in [2.05, 4.69) is 4.98 Å². The van der Waals surface area contributed by atoms with Crippen LogP contribution in [0.25, 0.3) is 0 Å². The van der Waals surface area contributed by atoms with E-state index in [1.807, 2.05) is 0 Å². The van der Waals surface area contributed by atoms with Crippen molar-refractivity contribution in [3.63, 3.8) is 0 Å². The molecule has 76 valence electrons. The first kappa shape index (κ1) is 9.12. The topological polar surface area (TPSA) is 40.6 Å². The average Bonchev–Trinajstić information content (AvgIpc) is 3.01. The molecule has 0 aliphatic heterocycles. The van der Waals surface area contributed by atoms with Crippen molar-refractivity contribution in [3.8, 4) is 17.4 Å². The fourth-order valence-corrected chi connectivity index (χ4v) is 1.20. The van der Waals surface area contributed by atoms with Gasteiger partial charge >= 0.3 is 0 Å². The Morgan fingerprint density at radius 3 is 2.64 bits per heavy atom. The molecule has 4 nitrogen and oxygen atoms in total. The van der Waals surface area contributed by atoms with Crippen LogP contribution in [0.2, 0.25) is 0 Å². The van der Waals surface area contributed by atoms with Crippen molar-refractivity contribution >= 4 is 0 Å². The number of aromatic nitrogens is 1. The van der Waals surface area contributed by atoms with Crippen LogP contribution in [0, 0.1) is 0 Å².